The van der Waals surface area contributed by atoms with Crippen LogP contribution in [0.1, 0.15) is 32.0 Å². The standard InChI is InChI=1S/C16H24N6OS/c1-12(2)14(22-11-17-10-18-22)15(23)20-5-4-6-21(8-7-20)16-19-13(3)9-24-16/h9-12,14H,4-8H2,1-3H3/t14-/m1/s1. The van der Waals surface area contributed by atoms with Gasteiger partial charge in [-0.1, -0.05) is 13.8 Å². The molecule has 1 amide bonds. The molecule has 3 heterocycles. The SMILES string of the molecule is Cc1csc(N2CCCN(C(=O)[C@@H](C(C)C)n3cncn3)CC2)n1. The minimum atomic E-state index is -0.291. The van der Waals surface area contributed by atoms with Crippen LogP contribution in [0.3, 0.4) is 0 Å². The summed E-state index contributed by atoms with van der Waals surface area (Å²) in [6.45, 7) is 9.36. The van der Waals surface area contributed by atoms with E-state index in [1.54, 1.807) is 22.3 Å². The highest BCUT2D eigenvalue weighted by Crippen LogP contribution is 2.24. The summed E-state index contributed by atoms with van der Waals surface area (Å²) in [7, 11) is 0. The third-order valence-corrected chi connectivity index (χ3v) is 5.31. The molecule has 0 spiro atoms. The Morgan fingerprint density at radius 2 is 2.08 bits per heavy atom. The molecule has 0 radical (unpaired) electrons. The molecule has 3 rings (SSSR count). The normalized spacial score (nSPS) is 17.2. The van der Waals surface area contributed by atoms with Gasteiger partial charge in [-0.15, -0.1) is 11.3 Å². The van der Waals surface area contributed by atoms with E-state index in [1.807, 2.05) is 25.7 Å². The molecule has 0 aromatic carbocycles. The summed E-state index contributed by atoms with van der Waals surface area (Å²) < 4.78 is 1.68. The van der Waals surface area contributed by atoms with Crippen molar-refractivity contribution in [3.8, 4) is 0 Å². The fourth-order valence-electron chi connectivity index (χ4n) is 3.07. The van der Waals surface area contributed by atoms with E-state index in [0.29, 0.717) is 0 Å². The average Bonchev–Trinajstić information content (AvgIpc) is 3.14. The minimum Gasteiger partial charge on any atom is -0.346 e. The fourth-order valence-corrected chi connectivity index (χ4v) is 3.92. The minimum absolute atomic E-state index is 0.132. The molecule has 1 atom stereocenters. The van der Waals surface area contributed by atoms with Crippen LogP contribution in [0.2, 0.25) is 0 Å². The van der Waals surface area contributed by atoms with Gasteiger partial charge in [-0.05, 0) is 19.3 Å². The maximum absolute atomic E-state index is 13.0. The number of carbonyl (C=O) groups excluding carboxylic acids is 1. The molecule has 8 heteroatoms. The van der Waals surface area contributed by atoms with Crippen LogP contribution < -0.4 is 4.90 Å². The number of aromatic nitrogens is 4. The van der Waals surface area contributed by atoms with E-state index in [1.165, 1.54) is 6.33 Å². The Morgan fingerprint density at radius 3 is 2.71 bits per heavy atom. The van der Waals surface area contributed by atoms with Crippen molar-refractivity contribution in [3.63, 3.8) is 0 Å². The number of rotatable bonds is 4. The zero-order chi connectivity index (χ0) is 17.1. The summed E-state index contributed by atoms with van der Waals surface area (Å²) >= 11 is 1.67. The summed E-state index contributed by atoms with van der Waals surface area (Å²) in [5, 5.41) is 7.31. The van der Waals surface area contributed by atoms with Gasteiger partial charge in [0.1, 0.15) is 18.7 Å². The monoisotopic (exact) mass is 348 g/mol. The summed E-state index contributed by atoms with van der Waals surface area (Å²) in [4.78, 5) is 25.9. The van der Waals surface area contributed by atoms with Gasteiger partial charge < -0.3 is 9.80 Å². The van der Waals surface area contributed by atoms with E-state index in [2.05, 4.69) is 25.3 Å². The quantitative estimate of drug-likeness (QED) is 0.845. The maximum atomic E-state index is 13.0. The lowest BCUT2D eigenvalue weighted by atomic mass is 10.0. The average molecular weight is 348 g/mol. The molecule has 2 aromatic rings. The second kappa shape index (κ2) is 7.29. The molecule has 0 aliphatic carbocycles. The number of hydrogen-bond acceptors (Lipinski definition) is 6. The van der Waals surface area contributed by atoms with Gasteiger partial charge in [-0.25, -0.2) is 14.6 Å². The molecule has 1 aliphatic rings. The van der Waals surface area contributed by atoms with E-state index >= 15 is 0 Å². The van der Waals surface area contributed by atoms with Crippen molar-refractivity contribution < 1.29 is 4.79 Å². The molecule has 2 aromatic heterocycles. The highest BCUT2D eigenvalue weighted by Gasteiger charge is 2.30. The Labute approximate surface area is 146 Å². The molecule has 1 aliphatic heterocycles. The van der Waals surface area contributed by atoms with Crippen LogP contribution in [0.4, 0.5) is 5.13 Å². The van der Waals surface area contributed by atoms with Crippen molar-refractivity contribution >= 4 is 22.4 Å². The first-order valence-corrected chi connectivity index (χ1v) is 9.24. The largest absolute Gasteiger partial charge is 0.346 e. The number of thiazole rings is 1. The molecule has 130 valence electrons. The van der Waals surface area contributed by atoms with E-state index < -0.39 is 0 Å². The molecule has 0 unspecified atom stereocenters. The predicted octanol–water partition coefficient (Wildman–Crippen LogP) is 1.98. The van der Waals surface area contributed by atoms with Crippen LogP contribution in [0.15, 0.2) is 18.0 Å². The van der Waals surface area contributed by atoms with Crippen LogP contribution >= 0.6 is 11.3 Å². The van der Waals surface area contributed by atoms with Crippen molar-refractivity contribution in [2.75, 3.05) is 31.1 Å². The maximum Gasteiger partial charge on any atom is 0.247 e. The number of amides is 1. The van der Waals surface area contributed by atoms with Gasteiger partial charge >= 0.3 is 0 Å². The first-order chi connectivity index (χ1) is 11.6. The summed E-state index contributed by atoms with van der Waals surface area (Å²) in [6.07, 6.45) is 4.06. The van der Waals surface area contributed by atoms with Gasteiger partial charge in [-0.2, -0.15) is 5.10 Å². The number of hydrogen-bond donors (Lipinski definition) is 0. The molecule has 0 N–H and O–H groups in total. The molecule has 24 heavy (non-hydrogen) atoms. The van der Waals surface area contributed by atoms with Gasteiger partial charge in [0, 0.05) is 31.6 Å². The first kappa shape index (κ1) is 16.9. The lowest BCUT2D eigenvalue weighted by Gasteiger charge is -2.28. The molecule has 1 saturated heterocycles. The van der Waals surface area contributed by atoms with Crippen molar-refractivity contribution in [3.05, 3.63) is 23.7 Å². The Hall–Kier alpha value is -1.96. The van der Waals surface area contributed by atoms with Gasteiger partial charge in [-0.3, -0.25) is 4.79 Å². The van der Waals surface area contributed by atoms with Crippen molar-refractivity contribution in [1.82, 2.24) is 24.6 Å². The van der Waals surface area contributed by atoms with Crippen molar-refractivity contribution in [2.24, 2.45) is 5.92 Å². The summed E-state index contributed by atoms with van der Waals surface area (Å²) in [5.74, 6) is 0.299. The predicted molar refractivity (Wildman–Crippen MR) is 94.2 cm³/mol. The third-order valence-electron chi connectivity index (χ3n) is 4.29. The fraction of sp³-hybridized carbons (Fsp3) is 0.625. The molecule has 0 bridgehead atoms. The molecule has 7 nitrogen and oxygen atoms in total. The molecule has 0 saturated carbocycles. The number of nitrogens with zero attached hydrogens (tertiary/aromatic N) is 6. The molecular weight excluding hydrogens is 324 g/mol. The highest BCUT2D eigenvalue weighted by molar-refractivity contribution is 7.13. The topological polar surface area (TPSA) is 67.2 Å². The lowest BCUT2D eigenvalue weighted by molar-refractivity contribution is -0.136. The Bertz CT molecular complexity index is 668. The van der Waals surface area contributed by atoms with Crippen molar-refractivity contribution in [1.29, 1.82) is 0 Å². The molecule has 1 fully saturated rings. The number of anilines is 1. The van der Waals surface area contributed by atoms with E-state index in [9.17, 15) is 4.79 Å². The Balaban J connectivity index is 1.69. The van der Waals surface area contributed by atoms with Crippen LogP contribution in [-0.4, -0.2) is 56.7 Å². The highest BCUT2D eigenvalue weighted by atomic mass is 32.1. The van der Waals surface area contributed by atoms with E-state index in [0.717, 1.165) is 43.4 Å². The van der Waals surface area contributed by atoms with Gasteiger partial charge in [0.05, 0.1) is 5.69 Å². The zero-order valence-corrected chi connectivity index (χ0v) is 15.2. The van der Waals surface area contributed by atoms with E-state index in [-0.39, 0.29) is 17.9 Å². The number of aryl methyl sites for hydroxylation is 1. The van der Waals surface area contributed by atoms with Gasteiger partial charge in [0.25, 0.3) is 0 Å². The Morgan fingerprint density at radius 1 is 1.25 bits per heavy atom. The summed E-state index contributed by atoms with van der Waals surface area (Å²) in [5.41, 5.74) is 1.05. The smallest absolute Gasteiger partial charge is 0.247 e. The van der Waals surface area contributed by atoms with Gasteiger partial charge in [0.15, 0.2) is 5.13 Å². The zero-order valence-electron chi connectivity index (χ0n) is 14.4. The van der Waals surface area contributed by atoms with E-state index in [4.69, 9.17) is 0 Å². The van der Waals surface area contributed by atoms with Crippen LogP contribution in [-0.2, 0) is 4.79 Å². The Kier molecular flexibility index (Phi) is 5.13. The van der Waals surface area contributed by atoms with Crippen LogP contribution in [0, 0.1) is 12.8 Å². The second-order valence-electron chi connectivity index (χ2n) is 6.50. The second-order valence-corrected chi connectivity index (χ2v) is 7.34. The summed E-state index contributed by atoms with van der Waals surface area (Å²) in [6, 6.07) is -0.291. The van der Waals surface area contributed by atoms with Gasteiger partial charge in [0.2, 0.25) is 5.91 Å². The van der Waals surface area contributed by atoms with Crippen LogP contribution in [0.25, 0.3) is 0 Å². The first-order valence-electron chi connectivity index (χ1n) is 8.36. The number of carbonyl (C=O) groups is 1. The third kappa shape index (κ3) is 3.58. The van der Waals surface area contributed by atoms with Crippen LogP contribution in [0.5, 0.6) is 0 Å². The lowest BCUT2D eigenvalue weighted by Crippen LogP contribution is -2.41. The molecular formula is C16H24N6OS. The van der Waals surface area contributed by atoms with Crippen molar-refractivity contribution in [2.45, 2.75) is 33.2 Å².